The lowest BCUT2D eigenvalue weighted by atomic mass is 10.0. The average molecular weight is 843 g/mol. The van der Waals surface area contributed by atoms with Crippen LogP contribution in [-0.4, -0.2) is 18.3 Å². The van der Waals surface area contributed by atoms with Gasteiger partial charge >= 0.3 is 0 Å². The molecule has 0 unspecified atom stereocenters. The van der Waals surface area contributed by atoms with Gasteiger partial charge in [-0.1, -0.05) is 158 Å². The molecule has 4 heterocycles. The summed E-state index contributed by atoms with van der Waals surface area (Å²) in [6.45, 7) is 1.57. The number of nitrogens with zero attached hydrogens (tertiary/aromatic N) is 4. The van der Waals surface area contributed by atoms with Crippen molar-refractivity contribution in [3.05, 3.63) is 242 Å². The Bertz CT molecular complexity index is 4140. The van der Waals surface area contributed by atoms with Crippen molar-refractivity contribution < 1.29 is 0 Å². The molecule has 4 aromatic heterocycles. The van der Waals surface area contributed by atoms with E-state index >= 15 is 0 Å². The molecule has 0 saturated carbocycles. The first-order valence-corrected chi connectivity index (χ1v) is 22.9. The summed E-state index contributed by atoms with van der Waals surface area (Å²) in [6.07, 6.45) is 0. The van der Waals surface area contributed by atoms with E-state index in [-0.39, 0.29) is 0 Å². The Kier molecular flexibility index (Phi) is 8.07. The number of aromatic nitrogens is 4. The predicted molar refractivity (Wildman–Crippen MR) is 278 cm³/mol. The first kappa shape index (κ1) is 36.8. The van der Waals surface area contributed by atoms with E-state index in [2.05, 4.69) is 249 Å². The molecule has 66 heavy (non-hydrogen) atoms. The van der Waals surface area contributed by atoms with Crippen LogP contribution in [-0.2, 0) is 13.1 Å². The molecule has 4 nitrogen and oxygen atoms in total. The van der Waals surface area contributed by atoms with Crippen molar-refractivity contribution in [1.29, 1.82) is 0 Å². The third kappa shape index (κ3) is 5.52. The summed E-state index contributed by atoms with van der Waals surface area (Å²) in [7, 11) is 0. The predicted octanol–water partition coefficient (Wildman–Crippen LogP) is 15.9. The van der Waals surface area contributed by atoms with Crippen LogP contribution in [0, 0.1) is 0 Å². The second kappa shape index (κ2) is 14.5. The first-order valence-electron chi connectivity index (χ1n) is 22.9. The average Bonchev–Trinajstić information content (AvgIpc) is 4.09. The Balaban J connectivity index is 0.894. The van der Waals surface area contributed by atoms with E-state index in [1.807, 2.05) is 0 Å². The third-order valence-electron chi connectivity index (χ3n) is 14.1. The van der Waals surface area contributed by atoms with E-state index in [1.165, 1.54) is 109 Å². The van der Waals surface area contributed by atoms with Crippen LogP contribution in [0.15, 0.2) is 231 Å². The van der Waals surface area contributed by atoms with Crippen LogP contribution in [0.5, 0.6) is 0 Å². The van der Waals surface area contributed by atoms with Crippen LogP contribution in [0.3, 0.4) is 0 Å². The Morgan fingerprint density at radius 3 is 1.27 bits per heavy atom. The lowest BCUT2D eigenvalue weighted by Gasteiger charge is -2.16. The fraction of sp³-hybridized carbons (Fsp3) is 0.0323. The van der Waals surface area contributed by atoms with E-state index in [1.54, 1.807) is 0 Å². The summed E-state index contributed by atoms with van der Waals surface area (Å²) in [4.78, 5) is 0. The number of hydrogen-bond donors (Lipinski definition) is 0. The molecule has 0 fully saturated rings. The highest BCUT2D eigenvalue weighted by Crippen LogP contribution is 2.40. The van der Waals surface area contributed by atoms with Crippen LogP contribution in [0.2, 0.25) is 0 Å². The van der Waals surface area contributed by atoms with E-state index in [9.17, 15) is 0 Å². The molecule has 4 heteroatoms. The zero-order valence-corrected chi connectivity index (χ0v) is 36.1. The van der Waals surface area contributed by atoms with Gasteiger partial charge in [0.05, 0.1) is 27.8 Å². The van der Waals surface area contributed by atoms with Crippen molar-refractivity contribution in [2.24, 2.45) is 0 Å². The highest BCUT2D eigenvalue weighted by molar-refractivity contribution is 6.12. The molecule has 0 atom stereocenters. The van der Waals surface area contributed by atoms with Crippen molar-refractivity contribution in [3.63, 3.8) is 0 Å². The monoisotopic (exact) mass is 842 g/mol. The van der Waals surface area contributed by atoms with Crippen molar-refractivity contribution in [1.82, 2.24) is 18.3 Å². The minimum Gasteiger partial charge on any atom is -0.336 e. The SMILES string of the molecule is c1cc(-c2ccccc2-n2c3ccccc3c3ccc(Cn4c5ccccc5c5ccccc54)cc32)cc(-n2c3ccccc3c3cc(Cn4c5ccccc5c5ccccc54)ccc32)c1. The van der Waals surface area contributed by atoms with E-state index in [4.69, 9.17) is 0 Å². The summed E-state index contributed by atoms with van der Waals surface area (Å²) in [5, 5.41) is 10.2. The van der Waals surface area contributed by atoms with Gasteiger partial charge in [-0.05, 0) is 89.5 Å². The standard InChI is InChI=1S/C62H42N4/c1-12-29-58(66-60-31-14-6-23-50(60)52-34-32-42(37-62(52)66)40-64-56-27-10-4-21-48(56)49-22-5-11-28-57(49)64)45(18-1)43-16-15-17-44(38-43)65-59-30-13-7-24-51(59)53-36-41(33-35-61(53)65)39-63-54-25-8-2-19-46(54)47-20-3-9-26-55(47)63/h1-38H,39-40H2. The van der Waals surface area contributed by atoms with Crippen LogP contribution in [0.25, 0.3) is 110 Å². The quantitative estimate of drug-likeness (QED) is 0.152. The molecular formula is C62H42N4. The van der Waals surface area contributed by atoms with E-state index in [0.717, 1.165) is 24.5 Å². The van der Waals surface area contributed by atoms with Gasteiger partial charge in [0.25, 0.3) is 0 Å². The van der Waals surface area contributed by atoms with Crippen molar-refractivity contribution >= 4 is 87.2 Å². The third-order valence-corrected chi connectivity index (χ3v) is 14.1. The lowest BCUT2D eigenvalue weighted by molar-refractivity contribution is 0.870. The van der Waals surface area contributed by atoms with Gasteiger partial charge in [-0.15, -0.1) is 0 Å². The number of fused-ring (bicyclic) bond motifs is 12. The minimum absolute atomic E-state index is 0.773. The maximum absolute atomic E-state index is 2.49. The topological polar surface area (TPSA) is 19.7 Å². The number of hydrogen-bond acceptors (Lipinski definition) is 0. The number of para-hydroxylation sites is 7. The summed E-state index contributed by atoms with van der Waals surface area (Å²) >= 11 is 0. The van der Waals surface area contributed by atoms with Gasteiger partial charge in [-0.25, -0.2) is 0 Å². The van der Waals surface area contributed by atoms with Gasteiger partial charge in [0.1, 0.15) is 0 Å². The molecule has 0 aliphatic heterocycles. The maximum Gasteiger partial charge on any atom is 0.0544 e. The highest BCUT2D eigenvalue weighted by Gasteiger charge is 2.19. The van der Waals surface area contributed by atoms with Crippen LogP contribution in [0.4, 0.5) is 0 Å². The Morgan fingerprint density at radius 2 is 0.682 bits per heavy atom. The zero-order chi connectivity index (χ0) is 43.3. The van der Waals surface area contributed by atoms with Crippen molar-refractivity contribution in [2.75, 3.05) is 0 Å². The number of benzene rings is 10. The van der Waals surface area contributed by atoms with Gasteiger partial charge in [0, 0.05) is 89.5 Å². The summed E-state index contributed by atoms with van der Waals surface area (Å²) in [6, 6.07) is 85.0. The van der Waals surface area contributed by atoms with Crippen LogP contribution >= 0.6 is 0 Å². The molecule has 0 bridgehead atoms. The summed E-state index contributed by atoms with van der Waals surface area (Å²) in [5.74, 6) is 0. The Labute approximate surface area is 381 Å². The first-order chi connectivity index (χ1) is 32.7. The number of rotatable bonds is 7. The molecule has 0 N–H and O–H groups in total. The van der Waals surface area contributed by atoms with Crippen LogP contribution in [0.1, 0.15) is 11.1 Å². The van der Waals surface area contributed by atoms with E-state index in [0.29, 0.717) is 0 Å². The van der Waals surface area contributed by atoms with E-state index < -0.39 is 0 Å². The minimum atomic E-state index is 0.773. The molecule has 10 aromatic carbocycles. The smallest absolute Gasteiger partial charge is 0.0544 e. The van der Waals surface area contributed by atoms with Gasteiger partial charge in [-0.3, -0.25) is 0 Å². The molecule has 0 amide bonds. The Hall–Kier alpha value is -8.60. The fourth-order valence-electron chi connectivity index (χ4n) is 11.2. The normalized spacial score (nSPS) is 12.1. The van der Waals surface area contributed by atoms with Crippen molar-refractivity contribution in [3.8, 4) is 22.5 Å². The van der Waals surface area contributed by atoms with Gasteiger partial charge in [0.2, 0.25) is 0 Å². The maximum atomic E-state index is 2.49. The van der Waals surface area contributed by atoms with Crippen molar-refractivity contribution in [2.45, 2.75) is 13.1 Å². The largest absolute Gasteiger partial charge is 0.336 e. The second-order valence-corrected chi connectivity index (χ2v) is 17.7. The van der Waals surface area contributed by atoms with Gasteiger partial charge in [0.15, 0.2) is 0 Å². The molecule has 0 saturated heterocycles. The molecule has 0 radical (unpaired) electrons. The molecular weight excluding hydrogens is 801 g/mol. The van der Waals surface area contributed by atoms with Crippen LogP contribution < -0.4 is 0 Å². The molecule has 0 spiro atoms. The molecule has 14 aromatic rings. The lowest BCUT2D eigenvalue weighted by Crippen LogP contribution is -2.01. The van der Waals surface area contributed by atoms with Gasteiger partial charge in [-0.2, -0.15) is 0 Å². The Morgan fingerprint density at radius 1 is 0.258 bits per heavy atom. The zero-order valence-electron chi connectivity index (χ0n) is 36.1. The van der Waals surface area contributed by atoms with Gasteiger partial charge < -0.3 is 18.3 Å². The molecule has 0 aliphatic carbocycles. The molecule has 0 aliphatic rings. The summed E-state index contributed by atoms with van der Waals surface area (Å²) in [5.41, 5.74) is 17.0. The fourth-order valence-corrected chi connectivity index (χ4v) is 11.2. The second-order valence-electron chi connectivity index (χ2n) is 17.7. The molecule has 14 rings (SSSR count). The highest BCUT2D eigenvalue weighted by atomic mass is 15.0. The summed E-state index contributed by atoms with van der Waals surface area (Å²) < 4.78 is 9.87. The molecule has 310 valence electrons.